The Bertz CT molecular complexity index is 1460. The fourth-order valence-electron chi connectivity index (χ4n) is 5.64. The van der Waals surface area contributed by atoms with Gasteiger partial charge in [0.15, 0.2) is 5.65 Å². The number of nitrogens with one attached hydrogen (secondary N) is 1. The average molecular weight is 511 g/mol. The van der Waals surface area contributed by atoms with Gasteiger partial charge in [-0.3, -0.25) is 14.7 Å². The number of carbonyl (C=O) groups is 1. The van der Waals surface area contributed by atoms with Gasteiger partial charge in [0.25, 0.3) is 15.8 Å². The van der Waals surface area contributed by atoms with Gasteiger partial charge in [0, 0.05) is 44.4 Å². The van der Waals surface area contributed by atoms with Gasteiger partial charge in [-0.2, -0.15) is 17.0 Å². The number of amides is 1. The van der Waals surface area contributed by atoms with Crippen LogP contribution in [-0.4, -0.2) is 75.2 Å². The van der Waals surface area contributed by atoms with E-state index in [0.29, 0.717) is 62.3 Å². The Hall–Kier alpha value is -3.02. The summed E-state index contributed by atoms with van der Waals surface area (Å²) in [6.07, 6.45) is 3.53. The molecule has 3 aliphatic heterocycles. The molecule has 0 saturated carbocycles. The molecule has 3 aromatic rings. The lowest BCUT2D eigenvalue weighted by Crippen LogP contribution is -2.51. The van der Waals surface area contributed by atoms with Crippen LogP contribution in [0.15, 0.2) is 41.2 Å². The number of hydrogen-bond donors (Lipinski definition) is 1. The maximum atomic E-state index is 13.5. The van der Waals surface area contributed by atoms with Crippen LogP contribution in [0.25, 0.3) is 16.9 Å². The monoisotopic (exact) mass is 510 g/mol. The molecule has 6 rings (SSSR count). The van der Waals surface area contributed by atoms with Crippen molar-refractivity contribution in [2.24, 2.45) is 5.92 Å². The lowest BCUT2D eigenvalue weighted by atomic mass is 9.96. The van der Waals surface area contributed by atoms with E-state index in [1.165, 1.54) is 8.82 Å². The summed E-state index contributed by atoms with van der Waals surface area (Å²) in [5.74, 6) is -0.428. The topological polar surface area (TPSA) is 111 Å². The molecular weight excluding hydrogens is 480 g/mol. The van der Waals surface area contributed by atoms with Gasteiger partial charge in [-0.25, -0.2) is 9.50 Å². The smallest absolute Gasteiger partial charge is 0.281 e. The first kappa shape index (κ1) is 23.4. The standard InChI is InChI=1S/C25H30N6O4S/c32-24(19-9-6-13-30(16-19)36(34,35)29-11-4-5-12-29)28-14-10-20-22(17-28)26-23-15-21(27-31(23)25(20)33)18-7-2-1-3-8-18/h1-3,7-8,15,19,27H,4-6,9-14,16-17H2/t19-/m1/s1. The number of carbonyl (C=O) groups excluding carboxylic acids is 1. The predicted octanol–water partition coefficient (Wildman–Crippen LogP) is 1.63. The van der Waals surface area contributed by atoms with E-state index >= 15 is 0 Å². The maximum absolute atomic E-state index is 13.5. The summed E-state index contributed by atoms with van der Waals surface area (Å²) < 4.78 is 30.6. The van der Waals surface area contributed by atoms with Gasteiger partial charge in [-0.05, 0) is 37.7 Å². The minimum Gasteiger partial charge on any atom is -0.336 e. The number of piperidine rings is 1. The van der Waals surface area contributed by atoms with Crippen LogP contribution in [-0.2, 0) is 28.0 Å². The van der Waals surface area contributed by atoms with Crippen molar-refractivity contribution in [3.8, 4) is 11.3 Å². The van der Waals surface area contributed by atoms with E-state index in [9.17, 15) is 18.0 Å². The van der Waals surface area contributed by atoms with Crippen LogP contribution in [0, 0.1) is 5.92 Å². The number of nitrogens with zero attached hydrogens (tertiary/aromatic N) is 5. The van der Waals surface area contributed by atoms with E-state index in [1.807, 2.05) is 36.4 Å². The quantitative estimate of drug-likeness (QED) is 0.574. The average Bonchev–Trinajstić information content (AvgIpc) is 3.60. The second kappa shape index (κ2) is 9.13. The van der Waals surface area contributed by atoms with Crippen molar-refractivity contribution >= 4 is 21.8 Å². The van der Waals surface area contributed by atoms with E-state index < -0.39 is 10.2 Å². The SMILES string of the molecule is O=C([C@@H]1CCCN(S(=O)(=O)N2CCCC2)C1)N1CCc2c(nc3cc(-c4ccccc4)[nH]n3c2=O)C1. The fourth-order valence-corrected chi connectivity index (χ4v) is 7.42. The Morgan fingerprint density at radius 3 is 2.53 bits per heavy atom. The van der Waals surface area contributed by atoms with Crippen LogP contribution < -0.4 is 5.56 Å². The van der Waals surface area contributed by atoms with Gasteiger partial charge < -0.3 is 4.90 Å². The van der Waals surface area contributed by atoms with Gasteiger partial charge >= 0.3 is 0 Å². The van der Waals surface area contributed by atoms with E-state index in [-0.39, 0.29) is 30.5 Å². The van der Waals surface area contributed by atoms with Crippen molar-refractivity contribution in [1.82, 2.24) is 28.1 Å². The molecule has 0 radical (unpaired) electrons. The van der Waals surface area contributed by atoms with Crippen molar-refractivity contribution in [2.75, 3.05) is 32.7 Å². The molecule has 0 bridgehead atoms. The first-order valence-corrected chi connectivity index (χ1v) is 14.0. The van der Waals surface area contributed by atoms with E-state index in [4.69, 9.17) is 4.98 Å². The Morgan fingerprint density at radius 2 is 1.75 bits per heavy atom. The summed E-state index contributed by atoms with van der Waals surface area (Å²) in [5, 5.41) is 3.15. The number of aromatic nitrogens is 3. The van der Waals surface area contributed by atoms with E-state index in [0.717, 1.165) is 24.1 Å². The first-order valence-electron chi connectivity index (χ1n) is 12.6. The van der Waals surface area contributed by atoms with Gasteiger partial charge in [0.1, 0.15) is 0 Å². The van der Waals surface area contributed by atoms with Crippen LogP contribution in [0.4, 0.5) is 0 Å². The second-order valence-corrected chi connectivity index (χ2v) is 11.8. The van der Waals surface area contributed by atoms with Crippen LogP contribution in [0.2, 0.25) is 0 Å². The molecule has 1 atom stereocenters. The molecule has 0 spiro atoms. The van der Waals surface area contributed by atoms with Crippen LogP contribution in [0.5, 0.6) is 0 Å². The first-order chi connectivity index (χ1) is 17.4. The normalized spacial score (nSPS) is 21.7. The fraction of sp³-hybridized carbons (Fsp3) is 0.480. The molecule has 36 heavy (non-hydrogen) atoms. The number of aromatic amines is 1. The molecule has 2 saturated heterocycles. The Balaban J connectivity index is 1.22. The molecule has 0 unspecified atom stereocenters. The van der Waals surface area contributed by atoms with E-state index in [1.54, 1.807) is 9.21 Å². The summed E-state index contributed by atoms with van der Waals surface area (Å²) in [4.78, 5) is 33.1. The molecule has 190 valence electrons. The number of hydrogen-bond acceptors (Lipinski definition) is 5. The minimum absolute atomic E-state index is 0.0528. The lowest BCUT2D eigenvalue weighted by molar-refractivity contribution is -0.137. The molecule has 1 aromatic carbocycles. The Kier molecular flexibility index (Phi) is 5.93. The van der Waals surface area contributed by atoms with Crippen molar-refractivity contribution in [3.05, 3.63) is 58.0 Å². The molecule has 11 heteroatoms. The number of benzene rings is 1. The highest BCUT2D eigenvalue weighted by Crippen LogP contribution is 2.27. The Morgan fingerprint density at radius 1 is 1.00 bits per heavy atom. The van der Waals surface area contributed by atoms with Gasteiger partial charge in [0.2, 0.25) is 5.91 Å². The minimum atomic E-state index is -3.52. The van der Waals surface area contributed by atoms with E-state index in [2.05, 4.69) is 5.10 Å². The zero-order chi connectivity index (χ0) is 24.9. The van der Waals surface area contributed by atoms with Crippen molar-refractivity contribution in [3.63, 3.8) is 0 Å². The molecule has 2 fully saturated rings. The van der Waals surface area contributed by atoms with Gasteiger partial charge in [-0.15, -0.1) is 0 Å². The largest absolute Gasteiger partial charge is 0.336 e. The molecule has 1 amide bonds. The zero-order valence-electron chi connectivity index (χ0n) is 20.1. The number of rotatable bonds is 4. The number of H-pyrrole nitrogens is 1. The highest BCUT2D eigenvalue weighted by molar-refractivity contribution is 7.86. The molecular formula is C25H30N6O4S. The summed E-state index contributed by atoms with van der Waals surface area (Å²) in [7, 11) is -3.52. The summed E-state index contributed by atoms with van der Waals surface area (Å²) in [6, 6.07) is 11.6. The van der Waals surface area contributed by atoms with Crippen LogP contribution >= 0.6 is 0 Å². The predicted molar refractivity (Wildman–Crippen MR) is 134 cm³/mol. The number of fused-ring (bicyclic) bond motifs is 2. The summed E-state index contributed by atoms with van der Waals surface area (Å²) >= 11 is 0. The van der Waals surface area contributed by atoms with Crippen molar-refractivity contribution in [1.29, 1.82) is 0 Å². The molecule has 10 nitrogen and oxygen atoms in total. The molecule has 0 aliphatic carbocycles. The van der Waals surface area contributed by atoms with Crippen LogP contribution in [0.1, 0.15) is 36.9 Å². The maximum Gasteiger partial charge on any atom is 0.281 e. The summed E-state index contributed by atoms with van der Waals surface area (Å²) in [5.41, 5.74) is 3.40. The molecule has 3 aliphatic rings. The lowest BCUT2D eigenvalue weighted by Gasteiger charge is -2.37. The van der Waals surface area contributed by atoms with Crippen molar-refractivity contribution in [2.45, 2.75) is 38.6 Å². The highest BCUT2D eigenvalue weighted by atomic mass is 32.2. The molecule has 1 N–H and O–H groups in total. The third-order valence-corrected chi connectivity index (χ3v) is 9.62. The van der Waals surface area contributed by atoms with Gasteiger partial charge in [0.05, 0.1) is 23.9 Å². The third-order valence-electron chi connectivity index (χ3n) is 7.61. The molecule has 5 heterocycles. The highest BCUT2D eigenvalue weighted by Gasteiger charge is 2.38. The van der Waals surface area contributed by atoms with Crippen molar-refractivity contribution < 1.29 is 13.2 Å². The summed E-state index contributed by atoms with van der Waals surface area (Å²) in [6.45, 7) is 2.48. The third kappa shape index (κ3) is 4.04. The van der Waals surface area contributed by atoms with Gasteiger partial charge in [-0.1, -0.05) is 30.3 Å². The Labute approximate surface area is 209 Å². The molecule has 2 aromatic heterocycles. The zero-order valence-corrected chi connectivity index (χ0v) is 20.9. The second-order valence-electron chi connectivity index (χ2n) is 9.89. The van der Waals surface area contributed by atoms with Crippen LogP contribution in [0.3, 0.4) is 0 Å².